The molecule has 0 aromatic carbocycles. The molecule has 0 aliphatic carbocycles. The lowest BCUT2D eigenvalue weighted by Crippen LogP contribution is -2.52. The molecule has 0 saturated heterocycles. The van der Waals surface area contributed by atoms with Gasteiger partial charge in [0.25, 0.3) is 0 Å². The second-order valence-corrected chi connectivity index (χ2v) is 6.11. The molecule has 6 nitrogen and oxygen atoms in total. The fraction of sp³-hybridized carbons (Fsp3) is 0.533. The molecule has 0 spiro atoms. The average molecular weight is 293 g/mol. The molecule has 1 aromatic rings. The van der Waals surface area contributed by atoms with Crippen LogP contribution in [0.25, 0.3) is 0 Å². The summed E-state index contributed by atoms with van der Waals surface area (Å²) in [5.41, 5.74) is 0.531. The first-order valence-electron chi connectivity index (χ1n) is 6.85. The fourth-order valence-corrected chi connectivity index (χ4v) is 1.83. The summed E-state index contributed by atoms with van der Waals surface area (Å²) in [7, 11) is 1.65. The molecule has 0 saturated carbocycles. The molecule has 0 unspecified atom stereocenters. The monoisotopic (exact) mass is 293 g/mol. The van der Waals surface area contributed by atoms with Gasteiger partial charge in [0.2, 0.25) is 0 Å². The minimum Gasteiger partial charge on any atom is -0.480 e. The highest BCUT2D eigenvalue weighted by molar-refractivity contribution is 5.83. The van der Waals surface area contributed by atoms with Crippen molar-refractivity contribution in [1.82, 2.24) is 15.2 Å². The Kier molecular flexibility index (Phi) is 5.69. The molecular formula is C15H23N3O3. The number of likely N-dealkylation sites (N-methyl/N-ethyl adjacent to an activating group) is 1. The van der Waals surface area contributed by atoms with Crippen LogP contribution in [0.3, 0.4) is 0 Å². The summed E-state index contributed by atoms with van der Waals surface area (Å²) >= 11 is 0. The quantitative estimate of drug-likeness (QED) is 0.866. The molecule has 0 bridgehead atoms. The molecule has 116 valence electrons. The van der Waals surface area contributed by atoms with Gasteiger partial charge in [-0.1, -0.05) is 20.8 Å². The highest BCUT2D eigenvalue weighted by atomic mass is 16.4. The van der Waals surface area contributed by atoms with E-state index in [0.29, 0.717) is 13.0 Å². The highest BCUT2D eigenvalue weighted by Gasteiger charge is 2.33. The Morgan fingerprint density at radius 2 is 1.90 bits per heavy atom. The van der Waals surface area contributed by atoms with Crippen molar-refractivity contribution in [3.05, 3.63) is 30.1 Å². The van der Waals surface area contributed by atoms with Gasteiger partial charge in [-0.2, -0.15) is 0 Å². The molecule has 6 heteroatoms. The number of carbonyl (C=O) groups excluding carboxylic acids is 1. The number of aliphatic carboxylic acids is 1. The van der Waals surface area contributed by atoms with E-state index in [1.165, 1.54) is 4.90 Å². The molecule has 0 aliphatic heterocycles. The summed E-state index contributed by atoms with van der Waals surface area (Å²) in [5, 5.41) is 11.8. The molecule has 1 rings (SSSR count). The summed E-state index contributed by atoms with van der Waals surface area (Å²) < 4.78 is 0. The van der Waals surface area contributed by atoms with E-state index >= 15 is 0 Å². The number of rotatable bonds is 5. The number of urea groups is 1. The van der Waals surface area contributed by atoms with Gasteiger partial charge in [-0.25, -0.2) is 9.59 Å². The normalized spacial score (nSPS) is 12.6. The van der Waals surface area contributed by atoms with Gasteiger partial charge in [-0.15, -0.1) is 0 Å². The van der Waals surface area contributed by atoms with E-state index in [4.69, 9.17) is 0 Å². The van der Waals surface area contributed by atoms with Crippen LogP contribution >= 0.6 is 0 Å². The van der Waals surface area contributed by atoms with E-state index in [1.54, 1.807) is 40.2 Å². The molecule has 21 heavy (non-hydrogen) atoms. The number of nitrogens with zero attached hydrogens (tertiary/aromatic N) is 2. The molecule has 0 radical (unpaired) electrons. The summed E-state index contributed by atoms with van der Waals surface area (Å²) in [6.45, 7) is 5.85. The lowest BCUT2D eigenvalue weighted by molar-refractivity contribution is -0.142. The maximum Gasteiger partial charge on any atom is 0.326 e. The van der Waals surface area contributed by atoms with Gasteiger partial charge in [-0.05, 0) is 29.5 Å². The molecule has 2 amide bonds. The molecule has 2 N–H and O–H groups in total. The van der Waals surface area contributed by atoms with Crippen LogP contribution in [0.4, 0.5) is 4.79 Å². The number of aromatic nitrogens is 1. The number of carbonyl (C=O) groups is 2. The predicted molar refractivity (Wildman–Crippen MR) is 80.0 cm³/mol. The topological polar surface area (TPSA) is 82.5 Å². The zero-order chi connectivity index (χ0) is 16.0. The van der Waals surface area contributed by atoms with Crippen molar-refractivity contribution in [2.45, 2.75) is 33.2 Å². The van der Waals surface area contributed by atoms with Crippen molar-refractivity contribution < 1.29 is 14.7 Å². The van der Waals surface area contributed by atoms with Crippen LogP contribution in [0, 0.1) is 5.41 Å². The van der Waals surface area contributed by atoms with E-state index in [0.717, 1.165) is 5.56 Å². The molecule has 1 heterocycles. The lowest BCUT2D eigenvalue weighted by atomic mass is 9.87. The van der Waals surface area contributed by atoms with Gasteiger partial charge >= 0.3 is 12.0 Å². The van der Waals surface area contributed by atoms with E-state index in [-0.39, 0.29) is 6.03 Å². The van der Waals surface area contributed by atoms with Crippen molar-refractivity contribution in [3.63, 3.8) is 0 Å². The zero-order valence-corrected chi connectivity index (χ0v) is 13.0. The van der Waals surface area contributed by atoms with E-state index in [1.807, 2.05) is 12.1 Å². The smallest absolute Gasteiger partial charge is 0.326 e. The van der Waals surface area contributed by atoms with Gasteiger partial charge in [0, 0.05) is 26.0 Å². The number of pyridine rings is 1. The van der Waals surface area contributed by atoms with E-state index in [2.05, 4.69) is 10.3 Å². The van der Waals surface area contributed by atoms with Crippen LogP contribution in [0.5, 0.6) is 0 Å². The molecule has 1 atom stereocenters. The summed E-state index contributed by atoms with van der Waals surface area (Å²) in [4.78, 5) is 28.7. The van der Waals surface area contributed by atoms with Crippen LogP contribution < -0.4 is 5.32 Å². The van der Waals surface area contributed by atoms with E-state index < -0.39 is 17.4 Å². The second kappa shape index (κ2) is 7.06. The average Bonchev–Trinajstić information content (AvgIpc) is 2.41. The third-order valence-electron chi connectivity index (χ3n) is 3.21. The minimum absolute atomic E-state index is 0.383. The fourth-order valence-electron chi connectivity index (χ4n) is 1.83. The first kappa shape index (κ1) is 16.9. The third-order valence-corrected chi connectivity index (χ3v) is 3.21. The predicted octanol–water partition coefficient (Wildman–Crippen LogP) is 1.76. The number of hydrogen-bond donors (Lipinski definition) is 2. The zero-order valence-electron chi connectivity index (χ0n) is 13.0. The summed E-state index contributed by atoms with van der Waals surface area (Å²) in [6, 6.07) is 2.47. The Balaban J connectivity index is 2.56. The number of carboxylic acids is 1. The van der Waals surface area contributed by atoms with Crippen molar-refractivity contribution in [1.29, 1.82) is 0 Å². The standard InChI is InChI=1S/C15H23N3O3/c1-15(2,3)12(13(19)20)17-14(21)18(4)10-7-11-5-8-16-9-6-11/h5-6,8-9,12H,7,10H2,1-4H3,(H,17,21)(H,19,20)/t12-/m0/s1. The SMILES string of the molecule is CN(CCc1ccncc1)C(=O)N[C@@H](C(=O)O)C(C)(C)C. The van der Waals surface area contributed by atoms with Crippen molar-refractivity contribution >= 4 is 12.0 Å². The van der Waals surface area contributed by atoms with Crippen molar-refractivity contribution in [3.8, 4) is 0 Å². The number of nitrogens with one attached hydrogen (secondary N) is 1. The van der Waals surface area contributed by atoms with Crippen LogP contribution in [-0.4, -0.2) is 46.6 Å². The molecule has 0 aliphatic rings. The van der Waals surface area contributed by atoms with Gasteiger partial charge < -0.3 is 15.3 Å². The maximum atomic E-state index is 12.1. The molecule has 0 fully saturated rings. The van der Waals surface area contributed by atoms with Crippen LogP contribution in [-0.2, 0) is 11.2 Å². The van der Waals surface area contributed by atoms with Gasteiger partial charge in [0.1, 0.15) is 6.04 Å². The lowest BCUT2D eigenvalue weighted by Gasteiger charge is -2.29. The Morgan fingerprint density at radius 3 is 2.38 bits per heavy atom. The highest BCUT2D eigenvalue weighted by Crippen LogP contribution is 2.19. The van der Waals surface area contributed by atoms with Gasteiger partial charge in [-0.3, -0.25) is 4.98 Å². The number of carboxylic acid groups (broad SMARTS) is 1. The number of amides is 2. The van der Waals surface area contributed by atoms with Crippen LogP contribution in [0.15, 0.2) is 24.5 Å². The summed E-state index contributed by atoms with van der Waals surface area (Å²) in [6.07, 6.45) is 4.10. The van der Waals surface area contributed by atoms with Crippen LogP contribution in [0.2, 0.25) is 0 Å². The minimum atomic E-state index is -1.03. The van der Waals surface area contributed by atoms with Crippen molar-refractivity contribution in [2.24, 2.45) is 5.41 Å². The molecular weight excluding hydrogens is 270 g/mol. The van der Waals surface area contributed by atoms with Crippen molar-refractivity contribution in [2.75, 3.05) is 13.6 Å². The molecule has 1 aromatic heterocycles. The van der Waals surface area contributed by atoms with Gasteiger partial charge in [0.05, 0.1) is 0 Å². The largest absolute Gasteiger partial charge is 0.480 e. The maximum absolute atomic E-state index is 12.1. The first-order valence-corrected chi connectivity index (χ1v) is 6.85. The van der Waals surface area contributed by atoms with E-state index in [9.17, 15) is 14.7 Å². The number of hydrogen-bond acceptors (Lipinski definition) is 3. The van der Waals surface area contributed by atoms with Gasteiger partial charge in [0.15, 0.2) is 0 Å². The Bertz CT molecular complexity index is 483. The first-order chi connectivity index (χ1) is 9.71. The second-order valence-electron chi connectivity index (χ2n) is 6.11. The third kappa shape index (κ3) is 5.41. The Morgan fingerprint density at radius 1 is 1.33 bits per heavy atom. The Labute approximate surface area is 125 Å². The Hall–Kier alpha value is -2.11. The summed E-state index contributed by atoms with van der Waals surface area (Å²) in [5.74, 6) is -1.03. The van der Waals surface area contributed by atoms with Crippen LogP contribution in [0.1, 0.15) is 26.3 Å².